The second kappa shape index (κ2) is 13.4. The highest BCUT2D eigenvalue weighted by molar-refractivity contribution is 5.44. The third-order valence-electron chi connectivity index (χ3n) is 6.17. The van der Waals surface area contributed by atoms with Gasteiger partial charge in [0.1, 0.15) is 30.5 Å². The van der Waals surface area contributed by atoms with E-state index in [1.165, 1.54) is 31.5 Å². The van der Waals surface area contributed by atoms with Crippen LogP contribution in [-0.2, 0) is 13.0 Å². The van der Waals surface area contributed by atoms with E-state index in [0.717, 1.165) is 47.9 Å². The molecule has 35 heavy (non-hydrogen) atoms. The Morgan fingerprint density at radius 2 is 1.54 bits per heavy atom. The summed E-state index contributed by atoms with van der Waals surface area (Å²) < 4.78 is 18.0. The van der Waals surface area contributed by atoms with Crippen molar-refractivity contribution in [3.05, 3.63) is 89.5 Å². The molecule has 1 aliphatic heterocycles. The molecule has 0 radical (unpaired) electrons. The highest BCUT2D eigenvalue weighted by atomic mass is 16.5. The smallest absolute Gasteiger partial charge is 0.126 e. The molecular formula is C30H34N2O3. The van der Waals surface area contributed by atoms with E-state index in [9.17, 15) is 0 Å². The van der Waals surface area contributed by atoms with Crippen LogP contribution in [0, 0.1) is 11.3 Å². The third-order valence-corrected chi connectivity index (χ3v) is 6.17. The topological polar surface area (TPSA) is 54.7 Å². The SMILES string of the molecule is N#CCCCOc1cc(OCc2ccccc2)ccc1Cc1ccc(OCCN2CCCC2)cc1. The van der Waals surface area contributed by atoms with Gasteiger partial charge in [-0.1, -0.05) is 48.5 Å². The Morgan fingerprint density at radius 3 is 2.31 bits per heavy atom. The monoisotopic (exact) mass is 470 g/mol. The second-order valence-corrected chi connectivity index (χ2v) is 8.87. The molecule has 0 aliphatic carbocycles. The van der Waals surface area contributed by atoms with Crippen molar-refractivity contribution in [2.75, 3.05) is 32.8 Å². The molecule has 4 rings (SSSR count). The highest BCUT2D eigenvalue weighted by Gasteiger charge is 2.11. The summed E-state index contributed by atoms with van der Waals surface area (Å²) in [5.41, 5.74) is 3.41. The zero-order valence-electron chi connectivity index (χ0n) is 20.3. The van der Waals surface area contributed by atoms with Gasteiger partial charge in [0.2, 0.25) is 0 Å². The Kier molecular flexibility index (Phi) is 9.44. The van der Waals surface area contributed by atoms with Gasteiger partial charge in [-0.15, -0.1) is 0 Å². The number of hydrogen-bond donors (Lipinski definition) is 0. The van der Waals surface area contributed by atoms with Crippen molar-refractivity contribution < 1.29 is 14.2 Å². The maximum Gasteiger partial charge on any atom is 0.126 e. The van der Waals surface area contributed by atoms with Crippen molar-refractivity contribution in [2.24, 2.45) is 0 Å². The van der Waals surface area contributed by atoms with E-state index in [0.29, 0.717) is 26.1 Å². The molecule has 0 spiro atoms. The maximum atomic E-state index is 8.83. The minimum absolute atomic E-state index is 0.485. The van der Waals surface area contributed by atoms with E-state index in [1.54, 1.807) is 0 Å². The average Bonchev–Trinajstić information content (AvgIpc) is 3.42. The van der Waals surface area contributed by atoms with Crippen LogP contribution in [0.5, 0.6) is 17.2 Å². The lowest BCUT2D eigenvalue weighted by Crippen LogP contribution is -2.25. The van der Waals surface area contributed by atoms with Crippen LogP contribution >= 0.6 is 0 Å². The molecule has 3 aromatic carbocycles. The fourth-order valence-corrected chi connectivity index (χ4v) is 4.20. The summed E-state index contributed by atoms with van der Waals surface area (Å²) >= 11 is 0. The fraction of sp³-hybridized carbons (Fsp3) is 0.367. The molecule has 0 N–H and O–H groups in total. The van der Waals surface area contributed by atoms with Crippen molar-refractivity contribution in [1.29, 1.82) is 5.26 Å². The average molecular weight is 471 g/mol. The van der Waals surface area contributed by atoms with Crippen LogP contribution in [0.2, 0.25) is 0 Å². The maximum absolute atomic E-state index is 8.83. The molecule has 5 heteroatoms. The lowest BCUT2D eigenvalue weighted by Gasteiger charge is -2.15. The molecular weight excluding hydrogens is 436 g/mol. The van der Waals surface area contributed by atoms with Crippen LogP contribution in [0.4, 0.5) is 0 Å². The number of nitriles is 1. The second-order valence-electron chi connectivity index (χ2n) is 8.87. The molecule has 0 aromatic heterocycles. The number of benzene rings is 3. The first-order valence-corrected chi connectivity index (χ1v) is 12.5. The minimum Gasteiger partial charge on any atom is -0.493 e. The predicted octanol–water partition coefficient (Wildman–Crippen LogP) is 6.01. The van der Waals surface area contributed by atoms with Crippen LogP contribution < -0.4 is 14.2 Å². The molecule has 3 aromatic rings. The quantitative estimate of drug-likeness (QED) is 0.286. The van der Waals surface area contributed by atoms with Crippen molar-refractivity contribution in [1.82, 2.24) is 4.90 Å². The van der Waals surface area contributed by atoms with E-state index in [4.69, 9.17) is 19.5 Å². The molecule has 0 bridgehead atoms. The zero-order chi connectivity index (χ0) is 24.1. The number of hydrogen-bond acceptors (Lipinski definition) is 5. The van der Waals surface area contributed by atoms with Gasteiger partial charge in [0.25, 0.3) is 0 Å². The Labute approximate surface area is 208 Å². The molecule has 1 heterocycles. The van der Waals surface area contributed by atoms with E-state index >= 15 is 0 Å². The predicted molar refractivity (Wildman–Crippen MR) is 138 cm³/mol. The Balaban J connectivity index is 1.36. The number of likely N-dealkylation sites (tertiary alicyclic amines) is 1. The Morgan fingerprint density at radius 1 is 0.771 bits per heavy atom. The van der Waals surface area contributed by atoms with E-state index < -0.39 is 0 Å². The molecule has 1 saturated heterocycles. The summed E-state index contributed by atoms with van der Waals surface area (Å²) in [6.45, 7) is 5.12. The lowest BCUT2D eigenvalue weighted by atomic mass is 10.0. The zero-order valence-corrected chi connectivity index (χ0v) is 20.3. The van der Waals surface area contributed by atoms with E-state index in [2.05, 4.69) is 29.2 Å². The minimum atomic E-state index is 0.485. The molecule has 182 valence electrons. The number of rotatable bonds is 13. The molecule has 5 nitrogen and oxygen atoms in total. The number of ether oxygens (including phenoxy) is 3. The number of unbranched alkanes of at least 4 members (excludes halogenated alkanes) is 1. The standard InChI is InChI=1S/C30H34N2O3/c31-16-4-7-20-34-30-23-29(35-24-26-8-2-1-3-9-26)15-12-27(30)22-25-10-13-28(14-11-25)33-21-19-32-17-5-6-18-32/h1-3,8-15,23H,4-7,17-22,24H2. The first-order chi connectivity index (χ1) is 17.3. The van der Waals surface area contributed by atoms with Crippen LogP contribution in [0.3, 0.4) is 0 Å². The highest BCUT2D eigenvalue weighted by Crippen LogP contribution is 2.28. The first kappa shape index (κ1) is 24.6. The summed E-state index contributed by atoms with van der Waals surface area (Å²) in [5, 5.41) is 8.83. The summed E-state index contributed by atoms with van der Waals surface area (Å²) in [7, 11) is 0. The summed E-state index contributed by atoms with van der Waals surface area (Å²) in [6, 6.07) is 26.6. The van der Waals surface area contributed by atoms with Gasteiger partial charge < -0.3 is 14.2 Å². The van der Waals surface area contributed by atoms with Gasteiger partial charge >= 0.3 is 0 Å². The van der Waals surface area contributed by atoms with Crippen LogP contribution in [-0.4, -0.2) is 37.7 Å². The van der Waals surface area contributed by atoms with E-state index in [1.807, 2.05) is 54.6 Å². The van der Waals surface area contributed by atoms with Gasteiger partial charge in [-0.2, -0.15) is 5.26 Å². The molecule has 0 unspecified atom stereocenters. The van der Waals surface area contributed by atoms with E-state index in [-0.39, 0.29) is 0 Å². The Bertz CT molecular complexity index is 1070. The lowest BCUT2D eigenvalue weighted by molar-refractivity contribution is 0.238. The van der Waals surface area contributed by atoms with Crippen LogP contribution in [0.1, 0.15) is 42.4 Å². The summed E-state index contributed by atoms with van der Waals surface area (Å²) in [4.78, 5) is 2.46. The molecule has 1 aliphatic rings. The van der Waals surface area contributed by atoms with Crippen LogP contribution in [0.15, 0.2) is 72.8 Å². The van der Waals surface area contributed by atoms with Gasteiger partial charge in [-0.05, 0) is 67.2 Å². The van der Waals surface area contributed by atoms with Crippen molar-refractivity contribution >= 4 is 0 Å². The van der Waals surface area contributed by atoms with Gasteiger partial charge in [0, 0.05) is 25.5 Å². The molecule has 0 atom stereocenters. The molecule has 1 fully saturated rings. The van der Waals surface area contributed by atoms with Gasteiger partial charge in [-0.3, -0.25) is 4.90 Å². The van der Waals surface area contributed by atoms with Crippen molar-refractivity contribution in [2.45, 2.75) is 38.7 Å². The van der Waals surface area contributed by atoms with Gasteiger partial charge in [-0.25, -0.2) is 0 Å². The Hall–Kier alpha value is -3.49. The van der Waals surface area contributed by atoms with Crippen LogP contribution in [0.25, 0.3) is 0 Å². The van der Waals surface area contributed by atoms with Gasteiger partial charge in [0.15, 0.2) is 0 Å². The van der Waals surface area contributed by atoms with Crippen molar-refractivity contribution in [3.63, 3.8) is 0 Å². The van der Waals surface area contributed by atoms with Gasteiger partial charge in [0.05, 0.1) is 12.7 Å². The number of nitrogens with zero attached hydrogens (tertiary/aromatic N) is 2. The van der Waals surface area contributed by atoms with Crippen molar-refractivity contribution in [3.8, 4) is 23.3 Å². The third kappa shape index (κ3) is 8.05. The largest absolute Gasteiger partial charge is 0.493 e. The molecule has 0 saturated carbocycles. The molecule has 0 amide bonds. The fourth-order valence-electron chi connectivity index (χ4n) is 4.20. The summed E-state index contributed by atoms with van der Waals surface area (Å²) in [6.07, 6.45) is 4.55. The summed E-state index contributed by atoms with van der Waals surface area (Å²) in [5.74, 6) is 2.49. The first-order valence-electron chi connectivity index (χ1n) is 12.5. The normalized spacial score (nSPS) is 13.3.